The van der Waals surface area contributed by atoms with Crippen LogP contribution in [0.15, 0.2) is 122 Å². The van der Waals surface area contributed by atoms with E-state index in [9.17, 15) is 10.1 Å². The monoisotopic (exact) mass is 931 g/mol. The molecular formula is C50H58N7O9P. The highest BCUT2D eigenvalue weighted by molar-refractivity contribution is 7.44. The normalized spacial score (nSPS) is 17.8. The molecule has 0 spiro atoms. The topological polar surface area (TPSA) is 174 Å². The summed E-state index contributed by atoms with van der Waals surface area (Å²) in [6.07, 6.45) is -0.251. The molecule has 16 nitrogen and oxygen atoms in total. The van der Waals surface area contributed by atoms with Crippen molar-refractivity contribution in [3.05, 3.63) is 144 Å². The fraction of sp³-hybridized carbons (Fsp3) is 0.380. The summed E-state index contributed by atoms with van der Waals surface area (Å²) in [6.45, 7) is 8.92. The average molecular weight is 932 g/mol. The lowest BCUT2D eigenvalue weighted by Crippen LogP contribution is -2.43. The number of benzene rings is 4. The Morgan fingerprint density at radius 2 is 1.42 bits per heavy atom. The largest absolute Gasteiger partial charge is 0.497 e. The number of nitrogens with one attached hydrogen (secondary N) is 1. The smallest absolute Gasteiger partial charge is 0.259 e. The van der Waals surface area contributed by atoms with Crippen LogP contribution >= 0.6 is 8.53 Å². The van der Waals surface area contributed by atoms with Gasteiger partial charge in [-0.15, -0.1) is 0 Å². The van der Waals surface area contributed by atoms with Gasteiger partial charge in [0.2, 0.25) is 0 Å². The van der Waals surface area contributed by atoms with Crippen molar-refractivity contribution >= 4 is 31.4 Å². The van der Waals surface area contributed by atoms with Crippen LogP contribution in [0, 0.1) is 11.3 Å². The number of nitriles is 1. The summed E-state index contributed by atoms with van der Waals surface area (Å²) in [5, 5.41) is 12.5. The molecule has 352 valence electrons. The van der Waals surface area contributed by atoms with Gasteiger partial charge in [0.1, 0.15) is 41.7 Å². The Bertz CT molecular complexity index is 2470. The minimum atomic E-state index is -1.83. The van der Waals surface area contributed by atoms with Crippen LogP contribution < -0.4 is 14.8 Å². The highest BCUT2D eigenvalue weighted by atomic mass is 31.2. The third-order valence-corrected chi connectivity index (χ3v) is 13.4. The molecule has 1 aliphatic heterocycles. The standard InChI is InChI=1S/C50H58N7O9P/c1-34(2)57(35(3)4)67(64-28-14-27-51)66-45-44(62-30-29-59-5)42(65-49(45)56-33-54-43-46(52-32-53-47(43)56)55-48(58)36-15-10-8-11-16-36)31-63-50(37-17-12-9-13-18-37,38-19-23-40(60-6)24-20-38)39-21-25-41(61-7)26-22-39/h8-13,15-26,32-35,42,44-45,49H,14,28-31H2,1-7H3,(H,52,53,55,58). The van der Waals surface area contributed by atoms with Gasteiger partial charge in [0.05, 0.1) is 59.5 Å². The van der Waals surface area contributed by atoms with Crippen molar-refractivity contribution in [2.24, 2.45) is 0 Å². The Balaban J connectivity index is 1.35. The molecule has 1 N–H and O–H groups in total. The molecule has 5 unspecified atom stereocenters. The first-order valence-corrected chi connectivity index (χ1v) is 23.3. The summed E-state index contributed by atoms with van der Waals surface area (Å²) in [5.41, 5.74) is 2.53. The maximum atomic E-state index is 13.4. The highest BCUT2D eigenvalue weighted by Crippen LogP contribution is 2.52. The summed E-state index contributed by atoms with van der Waals surface area (Å²) < 4.78 is 55.7. The zero-order valence-corrected chi connectivity index (χ0v) is 39.7. The Kier molecular flexibility index (Phi) is 17.0. The van der Waals surface area contributed by atoms with E-state index in [0.29, 0.717) is 28.2 Å². The predicted octanol–water partition coefficient (Wildman–Crippen LogP) is 8.69. The second kappa shape index (κ2) is 23.2. The Hall–Kier alpha value is -5.86. The molecule has 1 fully saturated rings. The van der Waals surface area contributed by atoms with Crippen LogP contribution in [0.5, 0.6) is 11.5 Å². The van der Waals surface area contributed by atoms with E-state index in [-0.39, 0.29) is 56.7 Å². The summed E-state index contributed by atoms with van der Waals surface area (Å²) >= 11 is 0. The molecule has 4 aromatic carbocycles. The first-order valence-electron chi connectivity index (χ1n) is 22.2. The van der Waals surface area contributed by atoms with Crippen molar-refractivity contribution in [1.29, 1.82) is 5.26 Å². The second-order valence-electron chi connectivity index (χ2n) is 16.2. The van der Waals surface area contributed by atoms with Gasteiger partial charge in [-0.2, -0.15) is 5.26 Å². The molecule has 0 radical (unpaired) electrons. The van der Waals surface area contributed by atoms with Gasteiger partial charge in [-0.25, -0.2) is 19.6 Å². The van der Waals surface area contributed by atoms with Gasteiger partial charge in [-0.1, -0.05) is 72.8 Å². The molecule has 5 atom stereocenters. The van der Waals surface area contributed by atoms with Crippen LogP contribution in [0.4, 0.5) is 5.82 Å². The minimum absolute atomic E-state index is 0.000888. The first kappa shape index (κ1) is 49.1. The van der Waals surface area contributed by atoms with Crippen molar-refractivity contribution in [2.45, 2.75) is 76.3 Å². The van der Waals surface area contributed by atoms with Crippen molar-refractivity contribution in [3.8, 4) is 17.6 Å². The van der Waals surface area contributed by atoms with Crippen LogP contribution in [-0.4, -0.2) is 108 Å². The fourth-order valence-electron chi connectivity index (χ4n) is 8.23. The molecule has 0 saturated carbocycles. The van der Waals surface area contributed by atoms with Gasteiger partial charge in [-0.3, -0.25) is 9.36 Å². The molecule has 2 aromatic heterocycles. The number of hydrogen-bond acceptors (Lipinski definition) is 14. The van der Waals surface area contributed by atoms with E-state index in [4.69, 9.17) is 42.5 Å². The summed E-state index contributed by atoms with van der Waals surface area (Å²) in [5.74, 6) is 1.26. The molecule has 17 heteroatoms. The van der Waals surface area contributed by atoms with Crippen molar-refractivity contribution in [1.82, 2.24) is 24.2 Å². The van der Waals surface area contributed by atoms with Crippen molar-refractivity contribution < 1.29 is 42.3 Å². The average Bonchev–Trinajstić information content (AvgIpc) is 3.94. The number of aromatic nitrogens is 4. The summed E-state index contributed by atoms with van der Waals surface area (Å²) in [6, 6.07) is 36.7. The number of hydrogen-bond donors (Lipinski definition) is 1. The number of nitrogens with zero attached hydrogens (tertiary/aromatic N) is 6. The zero-order chi connectivity index (χ0) is 47.3. The third kappa shape index (κ3) is 11.1. The SMILES string of the molecule is COCCOC1C(COC(c2ccccc2)(c2ccc(OC)cc2)c2ccc(OC)cc2)OC(n2cnc3c(NC(=O)c4ccccc4)ncnc32)C1OP(OCCC#N)N(C(C)C)C(C)C. The van der Waals surface area contributed by atoms with Gasteiger partial charge in [0.15, 0.2) is 23.2 Å². The van der Waals surface area contributed by atoms with E-state index < -0.39 is 38.7 Å². The Labute approximate surface area is 393 Å². The van der Waals surface area contributed by atoms with Crippen LogP contribution in [0.25, 0.3) is 11.2 Å². The van der Waals surface area contributed by atoms with Crippen LogP contribution in [0.2, 0.25) is 0 Å². The first-order chi connectivity index (χ1) is 32.6. The molecule has 0 aliphatic carbocycles. The van der Waals surface area contributed by atoms with E-state index in [1.165, 1.54) is 6.33 Å². The molecular weight excluding hydrogens is 874 g/mol. The number of fused-ring (bicyclic) bond motifs is 1. The predicted molar refractivity (Wildman–Crippen MR) is 254 cm³/mol. The second-order valence-corrected chi connectivity index (χ2v) is 17.6. The molecule has 67 heavy (non-hydrogen) atoms. The lowest BCUT2D eigenvalue weighted by Gasteiger charge is -2.38. The van der Waals surface area contributed by atoms with Crippen LogP contribution in [0.3, 0.4) is 0 Å². The molecule has 3 heterocycles. The number of carbonyl (C=O) groups is 1. The highest BCUT2D eigenvalue weighted by Gasteiger charge is 2.52. The minimum Gasteiger partial charge on any atom is -0.497 e. The van der Waals surface area contributed by atoms with E-state index in [1.807, 2.05) is 84.9 Å². The lowest BCUT2D eigenvalue weighted by atomic mass is 9.80. The zero-order valence-electron chi connectivity index (χ0n) is 38.9. The fourth-order valence-corrected chi connectivity index (χ4v) is 9.96. The van der Waals surface area contributed by atoms with Crippen molar-refractivity contribution in [3.63, 3.8) is 0 Å². The number of imidazole rings is 1. The van der Waals surface area contributed by atoms with Gasteiger partial charge >= 0.3 is 0 Å². The number of anilines is 1. The van der Waals surface area contributed by atoms with Crippen LogP contribution in [-0.2, 0) is 33.6 Å². The molecule has 7 rings (SSSR count). The number of carbonyl (C=O) groups excluding carboxylic acids is 1. The van der Waals surface area contributed by atoms with E-state index in [1.54, 1.807) is 56.5 Å². The number of rotatable bonds is 23. The Morgan fingerprint density at radius 1 is 0.806 bits per heavy atom. The van der Waals surface area contributed by atoms with E-state index in [2.05, 4.69) is 53.7 Å². The Morgan fingerprint density at radius 3 is 2.00 bits per heavy atom. The van der Waals surface area contributed by atoms with Crippen LogP contribution in [0.1, 0.15) is 67.4 Å². The molecule has 6 aromatic rings. The van der Waals surface area contributed by atoms with E-state index >= 15 is 0 Å². The van der Waals surface area contributed by atoms with Crippen molar-refractivity contribution in [2.75, 3.05) is 53.1 Å². The number of amides is 1. The lowest BCUT2D eigenvalue weighted by molar-refractivity contribution is -0.106. The maximum absolute atomic E-state index is 13.4. The summed E-state index contributed by atoms with van der Waals surface area (Å²) in [7, 11) is 3.05. The van der Waals surface area contributed by atoms with Gasteiger partial charge < -0.3 is 42.8 Å². The number of methoxy groups -OCH3 is 3. The maximum Gasteiger partial charge on any atom is 0.259 e. The van der Waals surface area contributed by atoms with Gasteiger partial charge in [0, 0.05) is 24.8 Å². The molecule has 1 aliphatic rings. The van der Waals surface area contributed by atoms with E-state index in [0.717, 1.165) is 16.7 Å². The van der Waals surface area contributed by atoms with Gasteiger partial charge in [0.25, 0.3) is 14.4 Å². The molecule has 1 saturated heterocycles. The van der Waals surface area contributed by atoms with Gasteiger partial charge in [-0.05, 0) is 80.8 Å². The summed E-state index contributed by atoms with van der Waals surface area (Å²) in [4.78, 5) is 27.2. The number of ether oxygens (including phenoxy) is 6. The molecule has 1 amide bonds. The molecule has 0 bridgehead atoms. The third-order valence-electron chi connectivity index (χ3n) is 11.3. The quantitative estimate of drug-likeness (QED) is 0.0367.